The number of carbonyl (C=O) groups is 2. The molecule has 0 radical (unpaired) electrons. The summed E-state index contributed by atoms with van der Waals surface area (Å²) in [6, 6.07) is 0.0613. The number of hydrogen-bond acceptors (Lipinski definition) is 4. The van der Waals surface area contributed by atoms with E-state index in [1.165, 1.54) is 6.92 Å². The van der Waals surface area contributed by atoms with Crippen LogP contribution in [0.4, 0.5) is 0 Å². The lowest BCUT2D eigenvalue weighted by Crippen LogP contribution is -2.59. The third-order valence-electron chi connectivity index (χ3n) is 4.52. The smallest absolute Gasteiger partial charge is 0.239 e. The first-order chi connectivity index (χ1) is 10.2. The lowest BCUT2D eigenvalue weighted by atomic mass is 9.84. The van der Waals surface area contributed by atoms with Crippen LogP contribution in [0.1, 0.15) is 53.4 Å². The van der Waals surface area contributed by atoms with E-state index in [1.807, 2.05) is 4.90 Å². The summed E-state index contributed by atoms with van der Waals surface area (Å²) in [5.74, 6) is -0.00932. The summed E-state index contributed by atoms with van der Waals surface area (Å²) in [6.07, 6.45) is 3.47. The van der Waals surface area contributed by atoms with Crippen molar-refractivity contribution in [3.8, 4) is 0 Å². The fourth-order valence-electron chi connectivity index (χ4n) is 3.74. The van der Waals surface area contributed by atoms with Gasteiger partial charge >= 0.3 is 0 Å². The van der Waals surface area contributed by atoms with Crippen LogP contribution < -0.4 is 16.4 Å². The van der Waals surface area contributed by atoms with Gasteiger partial charge in [-0.05, 0) is 46.5 Å². The molecule has 2 rings (SSSR count). The molecular formula is C16H30N4O2. The van der Waals surface area contributed by atoms with Crippen LogP contribution in [0.2, 0.25) is 0 Å². The Bertz CT molecular complexity index is 432. The third kappa shape index (κ3) is 4.20. The minimum absolute atomic E-state index is 0.000324. The Hall–Kier alpha value is -1.14. The molecule has 126 valence electrons. The van der Waals surface area contributed by atoms with E-state index in [0.717, 1.165) is 19.3 Å². The van der Waals surface area contributed by atoms with Gasteiger partial charge in [0.05, 0.1) is 18.1 Å². The van der Waals surface area contributed by atoms with Crippen molar-refractivity contribution in [3.05, 3.63) is 0 Å². The second-order valence-corrected chi connectivity index (χ2v) is 7.71. The van der Waals surface area contributed by atoms with Gasteiger partial charge in [-0.15, -0.1) is 0 Å². The largest absolute Gasteiger partial charge is 0.351 e. The minimum atomic E-state index is -0.372. The van der Waals surface area contributed by atoms with Gasteiger partial charge < -0.3 is 21.3 Å². The molecule has 1 saturated heterocycles. The minimum Gasteiger partial charge on any atom is -0.351 e. The maximum absolute atomic E-state index is 12.2. The normalized spacial score (nSPS) is 33.1. The molecule has 4 N–H and O–H groups in total. The quantitative estimate of drug-likeness (QED) is 0.702. The molecular weight excluding hydrogens is 280 g/mol. The maximum Gasteiger partial charge on any atom is 0.239 e. The van der Waals surface area contributed by atoms with Crippen LogP contribution in [0.25, 0.3) is 0 Å². The molecule has 0 aromatic carbocycles. The van der Waals surface area contributed by atoms with Crippen LogP contribution in [0, 0.1) is 0 Å². The fraction of sp³-hybridized carbons (Fsp3) is 0.875. The average Bonchev–Trinajstić information content (AvgIpc) is 2.68. The number of nitrogens with zero attached hydrogens (tertiary/aromatic N) is 1. The van der Waals surface area contributed by atoms with Crippen molar-refractivity contribution in [2.24, 2.45) is 5.73 Å². The van der Waals surface area contributed by atoms with E-state index >= 15 is 0 Å². The van der Waals surface area contributed by atoms with Gasteiger partial charge in [0.25, 0.3) is 0 Å². The monoisotopic (exact) mass is 310 g/mol. The Kier molecular flexibility index (Phi) is 5.12. The first-order valence-electron chi connectivity index (χ1n) is 8.28. The lowest BCUT2D eigenvalue weighted by molar-refractivity contribution is -0.133. The molecule has 1 aliphatic carbocycles. The van der Waals surface area contributed by atoms with Crippen LogP contribution in [0.15, 0.2) is 0 Å². The van der Waals surface area contributed by atoms with Crippen LogP contribution in [-0.4, -0.2) is 53.0 Å². The summed E-state index contributed by atoms with van der Waals surface area (Å²) in [7, 11) is 0. The second kappa shape index (κ2) is 6.54. The molecule has 1 heterocycles. The maximum atomic E-state index is 12.2. The molecule has 2 amide bonds. The SMILES string of the molecule is CC(=O)N[C@@H]1C[C@H](NC(C)(C)C)CCC1N1CC[C@H](N)C1=O. The molecule has 4 atom stereocenters. The van der Waals surface area contributed by atoms with E-state index < -0.39 is 0 Å². The number of amides is 2. The summed E-state index contributed by atoms with van der Waals surface area (Å²) in [5.41, 5.74) is 5.89. The zero-order valence-corrected chi connectivity index (χ0v) is 14.2. The van der Waals surface area contributed by atoms with Crippen molar-refractivity contribution in [2.75, 3.05) is 6.54 Å². The highest BCUT2D eigenvalue weighted by molar-refractivity contribution is 5.84. The molecule has 1 unspecified atom stereocenters. The highest BCUT2D eigenvalue weighted by Gasteiger charge is 2.41. The van der Waals surface area contributed by atoms with Crippen molar-refractivity contribution < 1.29 is 9.59 Å². The van der Waals surface area contributed by atoms with Gasteiger partial charge in [0.2, 0.25) is 11.8 Å². The van der Waals surface area contributed by atoms with E-state index in [1.54, 1.807) is 0 Å². The van der Waals surface area contributed by atoms with Crippen molar-refractivity contribution in [2.45, 2.75) is 83.1 Å². The van der Waals surface area contributed by atoms with E-state index in [2.05, 4.69) is 31.4 Å². The molecule has 2 fully saturated rings. The number of carbonyl (C=O) groups excluding carboxylic acids is 2. The summed E-state index contributed by atoms with van der Waals surface area (Å²) in [5, 5.41) is 6.66. The molecule has 0 spiro atoms. The third-order valence-corrected chi connectivity index (χ3v) is 4.52. The van der Waals surface area contributed by atoms with Crippen LogP contribution >= 0.6 is 0 Å². The van der Waals surface area contributed by atoms with E-state index in [9.17, 15) is 9.59 Å². The molecule has 0 aromatic heterocycles. The van der Waals surface area contributed by atoms with Gasteiger partial charge in [-0.1, -0.05) is 0 Å². The van der Waals surface area contributed by atoms with Crippen LogP contribution in [0.3, 0.4) is 0 Å². The first-order valence-corrected chi connectivity index (χ1v) is 8.28. The zero-order chi connectivity index (χ0) is 16.5. The fourth-order valence-corrected chi connectivity index (χ4v) is 3.74. The van der Waals surface area contributed by atoms with Crippen molar-refractivity contribution in [3.63, 3.8) is 0 Å². The number of rotatable bonds is 3. The molecule has 6 heteroatoms. The summed E-state index contributed by atoms with van der Waals surface area (Å²) >= 11 is 0. The topological polar surface area (TPSA) is 87.5 Å². The van der Waals surface area contributed by atoms with E-state index in [-0.39, 0.29) is 35.5 Å². The molecule has 22 heavy (non-hydrogen) atoms. The Labute approximate surface area is 133 Å². The molecule has 2 aliphatic rings. The van der Waals surface area contributed by atoms with Crippen molar-refractivity contribution in [1.29, 1.82) is 0 Å². The highest BCUT2D eigenvalue weighted by atomic mass is 16.2. The van der Waals surface area contributed by atoms with Gasteiger partial charge in [0.1, 0.15) is 0 Å². The molecule has 1 aliphatic heterocycles. The molecule has 6 nitrogen and oxygen atoms in total. The van der Waals surface area contributed by atoms with Gasteiger partial charge in [0, 0.05) is 25.0 Å². The van der Waals surface area contributed by atoms with Crippen molar-refractivity contribution in [1.82, 2.24) is 15.5 Å². The second-order valence-electron chi connectivity index (χ2n) is 7.71. The summed E-state index contributed by atoms with van der Waals surface area (Å²) in [6.45, 7) is 8.69. The van der Waals surface area contributed by atoms with Gasteiger partial charge in [-0.25, -0.2) is 0 Å². The summed E-state index contributed by atoms with van der Waals surface area (Å²) in [4.78, 5) is 25.7. The Morgan fingerprint density at radius 3 is 2.45 bits per heavy atom. The number of nitrogens with two attached hydrogens (primary N) is 1. The first kappa shape index (κ1) is 17.2. The van der Waals surface area contributed by atoms with E-state index in [4.69, 9.17) is 5.73 Å². The van der Waals surface area contributed by atoms with Gasteiger partial charge in [-0.2, -0.15) is 0 Å². The van der Waals surface area contributed by atoms with Crippen molar-refractivity contribution >= 4 is 11.8 Å². The molecule has 1 saturated carbocycles. The molecule has 0 bridgehead atoms. The highest BCUT2D eigenvalue weighted by Crippen LogP contribution is 2.28. The van der Waals surface area contributed by atoms with E-state index in [0.29, 0.717) is 19.0 Å². The van der Waals surface area contributed by atoms with Crippen LogP contribution in [-0.2, 0) is 9.59 Å². The van der Waals surface area contributed by atoms with Gasteiger partial charge in [-0.3, -0.25) is 9.59 Å². The molecule has 0 aromatic rings. The number of hydrogen-bond donors (Lipinski definition) is 3. The summed E-state index contributed by atoms with van der Waals surface area (Å²) < 4.78 is 0. The van der Waals surface area contributed by atoms with Gasteiger partial charge in [0.15, 0.2) is 0 Å². The zero-order valence-electron chi connectivity index (χ0n) is 14.2. The number of likely N-dealkylation sites (tertiary alicyclic amines) is 1. The Balaban J connectivity index is 2.07. The average molecular weight is 310 g/mol. The predicted octanol–water partition coefficient (Wildman–Crippen LogP) is 0.360. The number of nitrogens with one attached hydrogen (secondary N) is 2. The van der Waals surface area contributed by atoms with Crippen LogP contribution in [0.5, 0.6) is 0 Å². The Morgan fingerprint density at radius 1 is 1.27 bits per heavy atom. The lowest BCUT2D eigenvalue weighted by Gasteiger charge is -2.43. The Morgan fingerprint density at radius 2 is 1.95 bits per heavy atom. The predicted molar refractivity (Wildman–Crippen MR) is 86.2 cm³/mol. The standard InChI is InChI=1S/C16H30N4O2/c1-10(21)18-13-9-11(19-16(2,3)4)5-6-14(13)20-8-7-12(17)15(20)22/h11-14,19H,5-9,17H2,1-4H3,(H,18,21)/t11-,12+,13-,14?/m1/s1.